The number of carbonyl (C=O) groups is 1. The molecule has 0 saturated carbocycles. The third-order valence-corrected chi connectivity index (χ3v) is 3.43. The lowest BCUT2D eigenvalue weighted by atomic mass is 9.91. The first-order valence-electron chi connectivity index (χ1n) is 5.26. The van der Waals surface area contributed by atoms with Gasteiger partial charge in [0.2, 0.25) is 0 Å². The number of halogens is 2. The molecule has 1 fully saturated rings. The van der Waals surface area contributed by atoms with Gasteiger partial charge >= 0.3 is 0 Å². The highest BCUT2D eigenvalue weighted by Gasteiger charge is 2.25. The van der Waals surface area contributed by atoms with Gasteiger partial charge < -0.3 is 4.74 Å². The van der Waals surface area contributed by atoms with Gasteiger partial charge in [0.1, 0.15) is 0 Å². The summed E-state index contributed by atoms with van der Waals surface area (Å²) < 4.78 is 5.23. The second kappa shape index (κ2) is 5.17. The predicted octanol–water partition coefficient (Wildman–Crippen LogP) is 3.60. The third-order valence-electron chi connectivity index (χ3n) is 2.80. The Balaban J connectivity index is 2.26. The first kappa shape index (κ1) is 11.9. The maximum absolute atomic E-state index is 12.2. The van der Waals surface area contributed by atoms with Crippen LogP contribution in [0.1, 0.15) is 23.2 Å². The Hall–Kier alpha value is -0.570. The lowest BCUT2D eigenvalue weighted by molar-refractivity contribution is 0.0545. The number of hydrogen-bond donors (Lipinski definition) is 0. The smallest absolute Gasteiger partial charge is 0.169 e. The van der Waals surface area contributed by atoms with E-state index in [1.54, 1.807) is 18.2 Å². The molecule has 2 nitrogen and oxygen atoms in total. The maximum Gasteiger partial charge on any atom is 0.169 e. The molecule has 2 rings (SSSR count). The highest BCUT2D eigenvalue weighted by atomic mass is 35.5. The zero-order valence-corrected chi connectivity index (χ0v) is 10.2. The summed E-state index contributed by atoms with van der Waals surface area (Å²) in [6.07, 6.45) is 1.50. The summed E-state index contributed by atoms with van der Waals surface area (Å²) >= 11 is 12.0. The van der Waals surface area contributed by atoms with Gasteiger partial charge in [-0.05, 0) is 25.0 Å². The fraction of sp³-hybridized carbons (Fsp3) is 0.417. The molecule has 0 bridgehead atoms. The van der Waals surface area contributed by atoms with Gasteiger partial charge in [0.15, 0.2) is 5.78 Å². The van der Waals surface area contributed by atoms with E-state index in [4.69, 9.17) is 27.9 Å². The van der Waals surface area contributed by atoms with Crippen molar-refractivity contribution in [3.05, 3.63) is 33.8 Å². The normalized spacial score (nSPS) is 17.4. The zero-order chi connectivity index (χ0) is 11.5. The SMILES string of the molecule is O=C(c1c(Cl)cccc1Cl)C1CCOCC1. The van der Waals surface area contributed by atoms with Crippen LogP contribution in [0.5, 0.6) is 0 Å². The molecule has 0 amide bonds. The standard InChI is InChI=1S/C12H12Cl2O2/c13-9-2-1-3-10(14)11(9)12(15)8-4-6-16-7-5-8/h1-3,8H,4-7H2. The van der Waals surface area contributed by atoms with E-state index < -0.39 is 0 Å². The van der Waals surface area contributed by atoms with E-state index in [9.17, 15) is 4.79 Å². The van der Waals surface area contributed by atoms with Crippen molar-refractivity contribution < 1.29 is 9.53 Å². The first-order chi connectivity index (χ1) is 7.70. The molecule has 0 unspecified atom stereocenters. The van der Waals surface area contributed by atoms with E-state index >= 15 is 0 Å². The van der Waals surface area contributed by atoms with Crippen LogP contribution in [0.2, 0.25) is 10.0 Å². The Kier molecular flexibility index (Phi) is 3.85. The van der Waals surface area contributed by atoms with Crippen LogP contribution in [0.4, 0.5) is 0 Å². The van der Waals surface area contributed by atoms with E-state index in [0.29, 0.717) is 28.8 Å². The molecule has 0 N–H and O–H groups in total. The highest BCUT2D eigenvalue weighted by molar-refractivity contribution is 6.39. The van der Waals surface area contributed by atoms with E-state index in [2.05, 4.69) is 0 Å². The van der Waals surface area contributed by atoms with Crippen LogP contribution < -0.4 is 0 Å². The fourth-order valence-electron chi connectivity index (χ4n) is 1.90. The van der Waals surface area contributed by atoms with Crippen molar-refractivity contribution in [2.45, 2.75) is 12.8 Å². The summed E-state index contributed by atoms with van der Waals surface area (Å²) in [7, 11) is 0. The summed E-state index contributed by atoms with van der Waals surface area (Å²) in [4.78, 5) is 12.2. The van der Waals surface area contributed by atoms with E-state index in [-0.39, 0.29) is 11.7 Å². The Labute approximate surface area is 104 Å². The van der Waals surface area contributed by atoms with Gasteiger partial charge in [0.05, 0.1) is 15.6 Å². The van der Waals surface area contributed by atoms with Gasteiger partial charge in [0.25, 0.3) is 0 Å². The van der Waals surface area contributed by atoms with Crippen molar-refractivity contribution >= 4 is 29.0 Å². The molecular formula is C12H12Cl2O2. The first-order valence-corrected chi connectivity index (χ1v) is 6.01. The monoisotopic (exact) mass is 258 g/mol. The van der Waals surface area contributed by atoms with Gasteiger partial charge in [-0.2, -0.15) is 0 Å². The van der Waals surface area contributed by atoms with Crippen molar-refractivity contribution in [2.24, 2.45) is 5.92 Å². The summed E-state index contributed by atoms with van der Waals surface area (Å²) in [6.45, 7) is 1.27. The molecule has 0 aromatic heterocycles. The van der Waals surface area contributed by atoms with E-state index in [1.807, 2.05) is 0 Å². The van der Waals surface area contributed by atoms with Gasteiger partial charge in [-0.3, -0.25) is 4.79 Å². The van der Waals surface area contributed by atoms with Crippen LogP contribution in [0.15, 0.2) is 18.2 Å². The van der Waals surface area contributed by atoms with Gasteiger partial charge in [-0.25, -0.2) is 0 Å². The number of benzene rings is 1. The summed E-state index contributed by atoms with van der Waals surface area (Å²) in [5.41, 5.74) is 0.456. The van der Waals surface area contributed by atoms with E-state index in [0.717, 1.165) is 12.8 Å². The lowest BCUT2D eigenvalue weighted by Gasteiger charge is -2.21. The van der Waals surface area contributed by atoms with Gasteiger partial charge in [-0.15, -0.1) is 0 Å². The number of rotatable bonds is 2. The Morgan fingerprint density at radius 1 is 1.19 bits per heavy atom. The Morgan fingerprint density at radius 3 is 2.31 bits per heavy atom. The van der Waals surface area contributed by atoms with Gasteiger partial charge in [-0.1, -0.05) is 29.3 Å². The molecule has 1 aromatic rings. The molecule has 4 heteroatoms. The quantitative estimate of drug-likeness (QED) is 0.758. The fourth-order valence-corrected chi connectivity index (χ4v) is 2.48. The Morgan fingerprint density at radius 2 is 1.75 bits per heavy atom. The van der Waals surface area contributed by atoms with Crippen LogP contribution in [-0.2, 0) is 4.74 Å². The number of Topliss-reactive ketones (excluding diaryl/α,β-unsaturated/α-hetero) is 1. The van der Waals surface area contributed by atoms with Crippen molar-refractivity contribution in [3.8, 4) is 0 Å². The van der Waals surface area contributed by atoms with E-state index in [1.165, 1.54) is 0 Å². The number of ketones is 1. The van der Waals surface area contributed by atoms with Crippen molar-refractivity contribution in [1.29, 1.82) is 0 Å². The van der Waals surface area contributed by atoms with Crippen LogP contribution in [0.25, 0.3) is 0 Å². The average molecular weight is 259 g/mol. The largest absolute Gasteiger partial charge is 0.381 e. The molecule has 1 saturated heterocycles. The van der Waals surface area contributed by atoms with Crippen molar-refractivity contribution in [1.82, 2.24) is 0 Å². The van der Waals surface area contributed by atoms with Gasteiger partial charge in [0, 0.05) is 19.1 Å². The maximum atomic E-state index is 12.2. The molecule has 0 radical (unpaired) electrons. The minimum Gasteiger partial charge on any atom is -0.381 e. The number of ether oxygens (including phenoxy) is 1. The van der Waals surface area contributed by atoms with Crippen LogP contribution in [0, 0.1) is 5.92 Å². The Bertz CT molecular complexity index is 378. The molecule has 16 heavy (non-hydrogen) atoms. The minimum atomic E-state index is -0.00819. The molecule has 1 aliphatic heterocycles. The number of hydrogen-bond acceptors (Lipinski definition) is 2. The molecule has 0 atom stereocenters. The minimum absolute atomic E-state index is 0.00819. The summed E-state index contributed by atoms with van der Waals surface area (Å²) in [5.74, 6) is 0.0325. The second-order valence-electron chi connectivity index (χ2n) is 3.85. The molecule has 0 spiro atoms. The third kappa shape index (κ3) is 2.40. The lowest BCUT2D eigenvalue weighted by Crippen LogP contribution is -2.24. The van der Waals surface area contributed by atoms with Crippen LogP contribution in [-0.4, -0.2) is 19.0 Å². The summed E-state index contributed by atoms with van der Waals surface area (Å²) in [6, 6.07) is 5.13. The van der Waals surface area contributed by atoms with Crippen molar-refractivity contribution in [2.75, 3.05) is 13.2 Å². The van der Waals surface area contributed by atoms with Crippen LogP contribution >= 0.6 is 23.2 Å². The predicted molar refractivity (Wildman–Crippen MR) is 64.3 cm³/mol. The topological polar surface area (TPSA) is 26.3 Å². The molecule has 1 aromatic carbocycles. The molecule has 1 aliphatic rings. The average Bonchev–Trinajstić information content (AvgIpc) is 2.30. The molecule has 86 valence electrons. The highest BCUT2D eigenvalue weighted by Crippen LogP contribution is 2.29. The molecule has 0 aliphatic carbocycles. The molecular weight excluding hydrogens is 247 g/mol. The van der Waals surface area contributed by atoms with Crippen molar-refractivity contribution in [3.63, 3.8) is 0 Å². The second-order valence-corrected chi connectivity index (χ2v) is 4.66. The number of carbonyl (C=O) groups excluding carboxylic acids is 1. The van der Waals surface area contributed by atoms with Crippen LogP contribution in [0.3, 0.4) is 0 Å². The zero-order valence-electron chi connectivity index (χ0n) is 8.71. The summed E-state index contributed by atoms with van der Waals surface area (Å²) in [5, 5.41) is 0.869. The molecule has 1 heterocycles.